The average molecular weight is 704 g/mol. The zero-order valence-corrected chi connectivity index (χ0v) is 30.8. The van der Waals surface area contributed by atoms with Gasteiger partial charge in [-0.2, -0.15) is 0 Å². The first-order chi connectivity index (χ1) is 27.0. The molecule has 0 fully saturated rings. The number of anilines is 3. The summed E-state index contributed by atoms with van der Waals surface area (Å²) >= 11 is 0. The summed E-state index contributed by atoms with van der Waals surface area (Å²) in [5.41, 5.74) is 14.8. The van der Waals surface area contributed by atoms with E-state index in [0.717, 1.165) is 55.5 Å². The first-order valence-corrected chi connectivity index (χ1v) is 19.1. The lowest BCUT2D eigenvalue weighted by atomic mass is 9.82. The molecule has 0 saturated heterocycles. The van der Waals surface area contributed by atoms with Crippen molar-refractivity contribution in [1.29, 1.82) is 0 Å². The lowest BCUT2D eigenvalue weighted by Gasteiger charge is -2.30. The first-order valence-electron chi connectivity index (χ1n) is 19.1. The molecule has 0 spiro atoms. The molecular weight excluding hydrogens is 667 g/mol. The van der Waals surface area contributed by atoms with Crippen LogP contribution < -0.4 is 4.90 Å². The normalized spacial score (nSPS) is 13.1. The van der Waals surface area contributed by atoms with Crippen molar-refractivity contribution in [3.63, 3.8) is 0 Å². The second-order valence-electron chi connectivity index (χ2n) is 15.3. The monoisotopic (exact) mass is 703 g/mol. The van der Waals surface area contributed by atoms with Crippen molar-refractivity contribution in [2.75, 3.05) is 4.90 Å². The number of rotatable bonds is 5. The zero-order chi connectivity index (χ0) is 36.7. The number of hydrogen-bond donors (Lipinski definition) is 0. The molecule has 2 nitrogen and oxygen atoms in total. The second-order valence-corrected chi connectivity index (χ2v) is 15.3. The highest BCUT2D eigenvalue weighted by Crippen LogP contribution is 2.53. The third kappa shape index (κ3) is 4.81. The minimum Gasteiger partial charge on any atom is -0.455 e. The predicted octanol–water partition coefficient (Wildman–Crippen LogP) is 15.0. The fourth-order valence-corrected chi connectivity index (χ4v) is 9.15. The van der Waals surface area contributed by atoms with Crippen LogP contribution in [0.1, 0.15) is 25.0 Å². The topological polar surface area (TPSA) is 16.4 Å². The third-order valence-electron chi connectivity index (χ3n) is 11.8. The van der Waals surface area contributed by atoms with Crippen molar-refractivity contribution >= 4 is 60.5 Å². The summed E-state index contributed by atoms with van der Waals surface area (Å²) in [5, 5.41) is 6.93. The van der Waals surface area contributed by atoms with E-state index in [0.29, 0.717) is 0 Å². The summed E-state index contributed by atoms with van der Waals surface area (Å²) in [6.45, 7) is 4.71. The molecule has 1 aliphatic carbocycles. The van der Waals surface area contributed by atoms with E-state index in [-0.39, 0.29) is 5.41 Å². The molecular formula is C53H37NO. The van der Waals surface area contributed by atoms with Crippen LogP contribution >= 0.6 is 0 Å². The molecule has 0 radical (unpaired) electrons. The standard InChI is InChI=1S/C53H37NO/c1-53(2)47-24-14-13-22-41(47)42-28-27-39(32-48(42)53)54(38-26-25-34-15-9-10-20-37(34)31-38)49-30-29-44-46-33-45(35-16-5-3-6-17-35)40-21-11-12-23-43(40)51(46)55-52(44)50(49)36-18-7-4-8-19-36/h3-33H,1-2H3. The van der Waals surface area contributed by atoms with E-state index in [2.05, 4.69) is 207 Å². The molecule has 0 bridgehead atoms. The molecule has 0 amide bonds. The van der Waals surface area contributed by atoms with Gasteiger partial charge in [-0.15, -0.1) is 0 Å². The lowest BCUT2D eigenvalue weighted by Crippen LogP contribution is -2.17. The van der Waals surface area contributed by atoms with Gasteiger partial charge in [-0.1, -0.05) is 159 Å². The molecule has 0 atom stereocenters. The minimum absolute atomic E-state index is 0.139. The molecule has 0 N–H and O–H groups in total. The number of hydrogen-bond acceptors (Lipinski definition) is 2. The predicted molar refractivity (Wildman–Crippen MR) is 232 cm³/mol. The Morgan fingerprint density at radius 3 is 1.84 bits per heavy atom. The van der Waals surface area contributed by atoms with Crippen molar-refractivity contribution in [3.8, 4) is 33.4 Å². The molecule has 9 aromatic carbocycles. The summed E-state index contributed by atoms with van der Waals surface area (Å²) in [5.74, 6) is 0. The summed E-state index contributed by atoms with van der Waals surface area (Å²) in [6.07, 6.45) is 0. The van der Waals surface area contributed by atoms with E-state index in [4.69, 9.17) is 4.42 Å². The summed E-state index contributed by atoms with van der Waals surface area (Å²) < 4.78 is 7.20. The van der Waals surface area contributed by atoms with Gasteiger partial charge in [0.1, 0.15) is 11.2 Å². The van der Waals surface area contributed by atoms with Crippen LogP contribution in [0.15, 0.2) is 192 Å². The molecule has 10 aromatic rings. The van der Waals surface area contributed by atoms with Crippen molar-refractivity contribution in [3.05, 3.63) is 199 Å². The Kier molecular flexibility index (Phi) is 6.93. The Balaban J connectivity index is 1.22. The van der Waals surface area contributed by atoms with Crippen LogP contribution in [0.4, 0.5) is 17.1 Å². The molecule has 1 aliphatic rings. The maximum absolute atomic E-state index is 7.20. The molecule has 0 unspecified atom stereocenters. The number of nitrogens with zero attached hydrogens (tertiary/aromatic N) is 1. The highest BCUT2D eigenvalue weighted by Gasteiger charge is 2.36. The van der Waals surface area contributed by atoms with Gasteiger partial charge in [0, 0.05) is 38.5 Å². The third-order valence-corrected chi connectivity index (χ3v) is 11.8. The fourth-order valence-electron chi connectivity index (χ4n) is 9.15. The molecule has 0 saturated carbocycles. The number of furan rings is 1. The van der Waals surface area contributed by atoms with Gasteiger partial charge in [0.05, 0.1) is 5.69 Å². The van der Waals surface area contributed by atoms with Crippen molar-refractivity contribution in [2.45, 2.75) is 19.3 Å². The Morgan fingerprint density at radius 2 is 1.02 bits per heavy atom. The molecule has 2 heteroatoms. The quantitative estimate of drug-likeness (QED) is 0.177. The fraction of sp³-hybridized carbons (Fsp3) is 0.0566. The van der Waals surface area contributed by atoms with Crippen molar-refractivity contribution in [2.24, 2.45) is 0 Å². The van der Waals surface area contributed by atoms with Crippen LogP contribution in [-0.4, -0.2) is 0 Å². The van der Waals surface area contributed by atoms with Gasteiger partial charge in [-0.3, -0.25) is 0 Å². The summed E-state index contributed by atoms with van der Waals surface area (Å²) in [6, 6.07) is 68.3. The Morgan fingerprint density at radius 1 is 0.400 bits per heavy atom. The van der Waals surface area contributed by atoms with Crippen LogP contribution in [0.3, 0.4) is 0 Å². The van der Waals surface area contributed by atoms with Crippen LogP contribution in [0.25, 0.3) is 76.9 Å². The largest absolute Gasteiger partial charge is 0.455 e. The Bertz CT molecular complexity index is 3120. The Hall–Kier alpha value is -6.90. The first kappa shape index (κ1) is 31.6. The van der Waals surface area contributed by atoms with Crippen LogP contribution in [0.2, 0.25) is 0 Å². The SMILES string of the molecule is CC1(C)c2ccccc2-c2ccc(N(c3ccc4ccccc4c3)c3ccc4c(oc5c6ccccc6c(-c6ccccc6)cc45)c3-c3ccccc3)cc21. The molecule has 1 heterocycles. The smallest absolute Gasteiger partial charge is 0.145 e. The highest BCUT2D eigenvalue weighted by molar-refractivity contribution is 6.22. The summed E-state index contributed by atoms with van der Waals surface area (Å²) in [7, 11) is 0. The van der Waals surface area contributed by atoms with E-state index in [1.165, 1.54) is 49.5 Å². The van der Waals surface area contributed by atoms with Gasteiger partial charge in [0.15, 0.2) is 0 Å². The van der Waals surface area contributed by atoms with Crippen LogP contribution in [-0.2, 0) is 5.41 Å². The minimum atomic E-state index is -0.139. The van der Waals surface area contributed by atoms with E-state index < -0.39 is 0 Å². The maximum Gasteiger partial charge on any atom is 0.145 e. The molecule has 55 heavy (non-hydrogen) atoms. The van der Waals surface area contributed by atoms with E-state index in [1.54, 1.807) is 0 Å². The van der Waals surface area contributed by atoms with Crippen LogP contribution in [0, 0.1) is 0 Å². The van der Waals surface area contributed by atoms with Crippen molar-refractivity contribution in [1.82, 2.24) is 0 Å². The number of benzene rings is 9. The van der Waals surface area contributed by atoms with E-state index in [9.17, 15) is 0 Å². The van der Waals surface area contributed by atoms with E-state index >= 15 is 0 Å². The van der Waals surface area contributed by atoms with Gasteiger partial charge in [-0.25, -0.2) is 0 Å². The van der Waals surface area contributed by atoms with Crippen LogP contribution in [0.5, 0.6) is 0 Å². The molecule has 1 aromatic heterocycles. The van der Waals surface area contributed by atoms with Gasteiger partial charge >= 0.3 is 0 Å². The van der Waals surface area contributed by atoms with Crippen molar-refractivity contribution < 1.29 is 4.42 Å². The second kappa shape index (κ2) is 12.1. The lowest BCUT2D eigenvalue weighted by molar-refractivity contribution is 0.660. The number of fused-ring (bicyclic) bond motifs is 9. The van der Waals surface area contributed by atoms with Gasteiger partial charge in [0.2, 0.25) is 0 Å². The highest BCUT2D eigenvalue weighted by atomic mass is 16.3. The molecule has 11 rings (SSSR count). The maximum atomic E-state index is 7.20. The van der Waals surface area contributed by atoms with Gasteiger partial charge < -0.3 is 9.32 Å². The van der Waals surface area contributed by atoms with Gasteiger partial charge in [0.25, 0.3) is 0 Å². The molecule has 0 aliphatic heterocycles. The average Bonchev–Trinajstić information content (AvgIpc) is 3.73. The molecule has 260 valence electrons. The Labute approximate surface area is 320 Å². The zero-order valence-electron chi connectivity index (χ0n) is 30.8. The summed E-state index contributed by atoms with van der Waals surface area (Å²) in [4.78, 5) is 2.44. The van der Waals surface area contributed by atoms with E-state index in [1.807, 2.05) is 0 Å². The van der Waals surface area contributed by atoms with Gasteiger partial charge in [-0.05, 0) is 97.6 Å².